The molecule has 0 nitrogen and oxygen atoms in total. The minimum atomic E-state index is -4.08. The van der Waals surface area contributed by atoms with Crippen molar-refractivity contribution in [2.45, 2.75) is 98.1 Å². The van der Waals surface area contributed by atoms with Crippen molar-refractivity contribution in [2.24, 2.45) is 11.3 Å². The van der Waals surface area contributed by atoms with Gasteiger partial charge in [-0.05, 0) is 18.8 Å². The molecule has 0 rings (SSSR count). The molecule has 0 heterocycles. The van der Waals surface area contributed by atoms with Gasteiger partial charge in [0.1, 0.15) is 0 Å². The third-order valence-electron chi connectivity index (χ3n) is 4.78. The third kappa shape index (κ3) is 6.49. The summed E-state index contributed by atoms with van der Waals surface area (Å²) in [6.45, 7) is 7.33. The Labute approximate surface area is 123 Å². The highest BCUT2D eigenvalue weighted by molar-refractivity contribution is 4.86. The quantitative estimate of drug-likeness (QED) is 0.355. The van der Waals surface area contributed by atoms with E-state index in [2.05, 4.69) is 6.92 Å². The fraction of sp³-hybridized carbons (Fsp3) is 1.00. The SMILES string of the molecule is CCCCCCCCC(C)C(C)(CCCC)C(F)(F)F. The molecule has 0 saturated carbocycles. The Morgan fingerprint density at radius 3 is 1.80 bits per heavy atom. The van der Waals surface area contributed by atoms with Crippen molar-refractivity contribution in [2.75, 3.05) is 0 Å². The first-order valence-corrected chi connectivity index (χ1v) is 8.36. The monoisotopic (exact) mass is 294 g/mol. The lowest BCUT2D eigenvalue weighted by Gasteiger charge is -2.38. The molecule has 122 valence electrons. The van der Waals surface area contributed by atoms with Crippen LogP contribution in [0.1, 0.15) is 91.9 Å². The van der Waals surface area contributed by atoms with Crippen molar-refractivity contribution in [1.29, 1.82) is 0 Å². The van der Waals surface area contributed by atoms with E-state index in [-0.39, 0.29) is 12.3 Å². The number of unbranched alkanes of at least 4 members (excludes halogenated alkanes) is 6. The highest BCUT2D eigenvalue weighted by atomic mass is 19.4. The summed E-state index contributed by atoms with van der Waals surface area (Å²) < 4.78 is 40.1. The molecule has 20 heavy (non-hydrogen) atoms. The van der Waals surface area contributed by atoms with E-state index in [1.807, 2.05) is 6.92 Å². The largest absolute Gasteiger partial charge is 0.394 e. The van der Waals surface area contributed by atoms with Gasteiger partial charge >= 0.3 is 6.18 Å². The number of alkyl halides is 3. The molecule has 0 radical (unpaired) electrons. The van der Waals surface area contributed by atoms with E-state index in [4.69, 9.17) is 0 Å². The number of rotatable bonds is 11. The van der Waals surface area contributed by atoms with Crippen molar-refractivity contribution in [1.82, 2.24) is 0 Å². The molecule has 0 aromatic rings. The normalized spacial score (nSPS) is 16.9. The summed E-state index contributed by atoms with van der Waals surface area (Å²) in [6, 6.07) is 0. The maximum atomic E-state index is 13.4. The minimum Gasteiger partial charge on any atom is -0.171 e. The third-order valence-corrected chi connectivity index (χ3v) is 4.78. The average Bonchev–Trinajstić information content (AvgIpc) is 2.38. The fourth-order valence-electron chi connectivity index (χ4n) is 2.76. The van der Waals surface area contributed by atoms with Crippen molar-refractivity contribution in [3.8, 4) is 0 Å². The molecule has 0 saturated heterocycles. The van der Waals surface area contributed by atoms with Crippen LogP contribution in [0.25, 0.3) is 0 Å². The van der Waals surface area contributed by atoms with Crippen molar-refractivity contribution >= 4 is 0 Å². The lowest BCUT2D eigenvalue weighted by atomic mass is 9.71. The van der Waals surface area contributed by atoms with Crippen LogP contribution in [0, 0.1) is 11.3 Å². The van der Waals surface area contributed by atoms with E-state index in [9.17, 15) is 13.2 Å². The molecule has 0 aliphatic heterocycles. The van der Waals surface area contributed by atoms with Crippen LogP contribution in [-0.2, 0) is 0 Å². The molecule has 3 heteroatoms. The highest BCUT2D eigenvalue weighted by Gasteiger charge is 2.53. The molecule has 0 aromatic heterocycles. The van der Waals surface area contributed by atoms with Crippen LogP contribution in [0.5, 0.6) is 0 Å². The van der Waals surface area contributed by atoms with Crippen LogP contribution in [0.15, 0.2) is 0 Å². The van der Waals surface area contributed by atoms with Crippen LogP contribution in [0.2, 0.25) is 0 Å². The molecule has 0 spiro atoms. The number of hydrogen-bond donors (Lipinski definition) is 0. The number of halogens is 3. The van der Waals surface area contributed by atoms with Gasteiger partial charge in [-0.1, -0.05) is 79.1 Å². The second-order valence-corrected chi connectivity index (χ2v) is 6.48. The summed E-state index contributed by atoms with van der Waals surface area (Å²) in [6.07, 6.45) is 5.22. The molecule has 0 aliphatic carbocycles. The van der Waals surface area contributed by atoms with Crippen molar-refractivity contribution < 1.29 is 13.2 Å². The summed E-state index contributed by atoms with van der Waals surface area (Å²) in [5, 5.41) is 0. The van der Waals surface area contributed by atoms with Gasteiger partial charge < -0.3 is 0 Å². The van der Waals surface area contributed by atoms with Crippen LogP contribution in [0.4, 0.5) is 13.2 Å². The van der Waals surface area contributed by atoms with Gasteiger partial charge in [0, 0.05) is 0 Å². The molecule has 0 bridgehead atoms. The first-order chi connectivity index (χ1) is 9.29. The van der Waals surface area contributed by atoms with Gasteiger partial charge in [0.25, 0.3) is 0 Å². The zero-order chi connectivity index (χ0) is 15.6. The van der Waals surface area contributed by atoms with Crippen LogP contribution >= 0.6 is 0 Å². The molecule has 0 N–H and O–H groups in total. The van der Waals surface area contributed by atoms with E-state index in [1.54, 1.807) is 6.92 Å². The van der Waals surface area contributed by atoms with Crippen molar-refractivity contribution in [3.63, 3.8) is 0 Å². The van der Waals surface area contributed by atoms with E-state index in [0.29, 0.717) is 12.8 Å². The molecule has 2 unspecified atom stereocenters. The molecule has 0 fully saturated rings. The number of hydrogen-bond acceptors (Lipinski definition) is 0. The second kappa shape index (κ2) is 9.68. The molecular weight excluding hydrogens is 261 g/mol. The Kier molecular flexibility index (Phi) is 9.58. The average molecular weight is 294 g/mol. The highest BCUT2D eigenvalue weighted by Crippen LogP contribution is 2.49. The maximum Gasteiger partial charge on any atom is 0.394 e. The zero-order valence-electron chi connectivity index (χ0n) is 13.8. The summed E-state index contributed by atoms with van der Waals surface area (Å²) >= 11 is 0. The zero-order valence-corrected chi connectivity index (χ0v) is 13.8. The van der Waals surface area contributed by atoms with E-state index < -0.39 is 11.6 Å². The van der Waals surface area contributed by atoms with Gasteiger partial charge in [-0.2, -0.15) is 13.2 Å². The standard InChI is InChI=1S/C17H33F3/c1-5-7-9-10-11-12-13-15(3)16(4,14-8-6-2)17(18,19)20/h15H,5-14H2,1-4H3. The van der Waals surface area contributed by atoms with Gasteiger partial charge in [0.05, 0.1) is 5.41 Å². The summed E-state index contributed by atoms with van der Waals surface area (Å²) in [5.41, 5.74) is -1.51. The van der Waals surface area contributed by atoms with Crippen LogP contribution < -0.4 is 0 Å². The van der Waals surface area contributed by atoms with Crippen molar-refractivity contribution in [3.05, 3.63) is 0 Å². The van der Waals surface area contributed by atoms with Gasteiger partial charge in [-0.3, -0.25) is 0 Å². The summed E-state index contributed by atoms with van der Waals surface area (Å²) in [5.74, 6) is -0.278. The lowest BCUT2D eigenvalue weighted by Crippen LogP contribution is -2.40. The van der Waals surface area contributed by atoms with Gasteiger partial charge in [0.15, 0.2) is 0 Å². The Morgan fingerprint density at radius 1 is 0.800 bits per heavy atom. The smallest absolute Gasteiger partial charge is 0.171 e. The molecular formula is C17H33F3. The molecule has 0 amide bonds. The van der Waals surface area contributed by atoms with Gasteiger partial charge in [0.2, 0.25) is 0 Å². The van der Waals surface area contributed by atoms with E-state index in [0.717, 1.165) is 25.7 Å². The fourth-order valence-corrected chi connectivity index (χ4v) is 2.76. The maximum absolute atomic E-state index is 13.4. The van der Waals surface area contributed by atoms with E-state index in [1.165, 1.54) is 26.2 Å². The Hall–Kier alpha value is -0.210. The van der Waals surface area contributed by atoms with Crippen LogP contribution in [-0.4, -0.2) is 6.18 Å². The molecule has 0 aromatic carbocycles. The molecule has 0 aliphatic rings. The first kappa shape index (κ1) is 19.8. The Morgan fingerprint density at radius 2 is 1.30 bits per heavy atom. The minimum absolute atomic E-state index is 0.268. The predicted octanol–water partition coefficient (Wildman–Crippen LogP) is 7.13. The topological polar surface area (TPSA) is 0 Å². The van der Waals surface area contributed by atoms with Gasteiger partial charge in [-0.15, -0.1) is 0 Å². The first-order valence-electron chi connectivity index (χ1n) is 8.36. The predicted molar refractivity (Wildman–Crippen MR) is 80.8 cm³/mol. The Balaban J connectivity index is 4.25. The molecule has 2 atom stereocenters. The van der Waals surface area contributed by atoms with Gasteiger partial charge in [-0.25, -0.2) is 0 Å². The second-order valence-electron chi connectivity index (χ2n) is 6.48. The van der Waals surface area contributed by atoms with Crippen LogP contribution in [0.3, 0.4) is 0 Å². The summed E-state index contributed by atoms with van der Waals surface area (Å²) in [4.78, 5) is 0. The van der Waals surface area contributed by atoms with E-state index >= 15 is 0 Å². The lowest BCUT2D eigenvalue weighted by molar-refractivity contribution is -0.238. The Bertz CT molecular complexity index is 235. The summed E-state index contributed by atoms with van der Waals surface area (Å²) in [7, 11) is 0.